The van der Waals surface area contributed by atoms with E-state index in [0.717, 1.165) is 16.8 Å². The van der Waals surface area contributed by atoms with Gasteiger partial charge in [0.1, 0.15) is 0 Å². The second kappa shape index (κ2) is 4.13. The van der Waals surface area contributed by atoms with Crippen LogP contribution in [0.15, 0.2) is 18.2 Å². The van der Waals surface area contributed by atoms with Crippen LogP contribution in [0.4, 0.5) is 5.69 Å². The van der Waals surface area contributed by atoms with E-state index in [1.165, 1.54) is 0 Å². The Morgan fingerprint density at radius 1 is 1.39 bits per heavy atom. The first-order chi connectivity index (χ1) is 8.37. The van der Waals surface area contributed by atoms with Gasteiger partial charge in [-0.25, -0.2) is 0 Å². The van der Waals surface area contributed by atoms with E-state index in [0.29, 0.717) is 6.42 Å². The van der Waals surface area contributed by atoms with Crippen molar-refractivity contribution in [3.05, 3.63) is 29.3 Å². The molecule has 1 aromatic rings. The molecule has 3 heteroatoms. The number of amides is 1. The minimum absolute atomic E-state index is 0.0419. The number of hydrogen-bond donors (Lipinski definition) is 0. The third kappa shape index (κ3) is 1.78. The van der Waals surface area contributed by atoms with Gasteiger partial charge in [-0.3, -0.25) is 4.79 Å². The highest BCUT2D eigenvalue weighted by molar-refractivity contribution is 5.98. The van der Waals surface area contributed by atoms with Gasteiger partial charge in [-0.1, -0.05) is 12.1 Å². The summed E-state index contributed by atoms with van der Waals surface area (Å²) in [5.41, 5.74) is 2.69. The first kappa shape index (κ1) is 12.6. The largest absolute Gasteiger partial charge is 0.305 e. The van der Waals surface area contributed by atoms with Crippen LogP contribution in [0.2, 0.25) is 0 Å². The molecule has 3 nitrogen and oxygen atoms in total. The van der Waals surface area contributed by atoms with Gasteiger partial charge in [0.05, 0.1) is 17.5 Å². The van der Waals surface area contributed by atoms with Gasteiger partial charge in [-0.05, 0) is 44.9 Å². The molecule has 94 valence electrons. The Kier molecular flexibility index (Phi) is 2.90. The maximum atomic E-state index is 12.2. The molecule has 1 aliphatic rings. The fourth-order valence-electron chi connectivity index (χ4n) is 2.60. The molecular formula is C15H18N2O. The van der Waals surface area contributed by atoms with Crippen molar-refractivity contribution in [1.82, 2.24) is 0 Å². The summed E-state index contributed by atoms with van der Waals surface area (Å²) in [4.78, 5) is 14.0. The van der Waals surface area contributed by atoms with Crippen LogP contribution < -0.4 is 4.90 Å². The molecule has 0 aliphatic carbocycles. The number of carbonyl (C=O) groups excluding carboxylic acids is 1. The molecule has 1 aliphatic heterocycles. The lowest BCUT2D eigenvalue weighted by Crippen LogP contribution is -2.44. The standard InChI is InChI=1S/C15H18N2O/c1-10-5-6-11(2)13(7-10)17-14(18)8-12(9-16)15(17,3)4/h5-7,12H,8H2,1-4H3. The van der Waals surface area contributed by atoms with Gasteiger partial charge >= 0.3 is 0 Å². The number of carbonyl (C=O) groups is 1. The zero-order valence-corrected chi connectivity index (χ0v) is 11.3. The molecule has 2 rings (SSSR count). The smallest absolute Gasteiger partial charge is 0.228 e. The van der Waals surface area contributed by atoms with Crippen molar-refractivity contribution in [2.45, 2.75) is 39.7 Å². The normalized spacial score (nSPS) is 22.1. The molecule has 0 spiro atoms. The second-order valence-electron chi connectivity index (χ2n) is 5.56. The Morgan fingerprint density at radius 2 is 2.06 bits per heavy atom. The zero-order valence-electron chi connectivity index (χ0n) is 11.3. The van der Waals surface area contributed by atoms with E-state index >= 15 is 0 Å². The summed E-state index contributed by atoms with van der Waals surface area (Å²) < 4.78 is 0. The van der Waals surface area contributed by atoms with Gasteiger partial charge in [0.15, 0.2) is 0 Å². The van der Waals surface area contributed by atoms with E-state index in [4.69, 9.17) is 0 Å². The molecule has 1 saturated heterocycles. The van der Waals surface area contributed by atoms with Crippen LogP contribution in [-0.2, 0) is 4.79 Å². The molecule has 0 radical (unpaired) electrons. The predicted molar refractivity (Wildman–Crippen MR) is 71.2 cm³/mol. The van der Waals surface area contributed by atoms with Crippen molar-refractivity contribution in [3.8, 4) is 6.07 Å². The van der Waals surface area contributed by atoms with Crippen molar-refractivity contribution in [2.75, 3.05) is 4.90 Å². The second-order valence-corrected chi connectivity index (χ2v) is 5.56. The Labute approximate surface area is 108 Å². The van der Waals surface area contributed by atoms with Gasteiger partial charge in [0.2, 0.25) is 5.91 Å². The van der Waals surface area contributed by atoms with Crippen LogP contribution in [0.3, 0.4) is 0 Å². The molecule has 1 unspecified atom stereocenters. The molecule has 0 bridgehead atoms. The maximum absolute atomic E-state index is 12.2. The fourth-order valence-corrected chi connectivity index (χ4v) is 2.60. The van der Waals surface area contributed by atoms with Gasteiger partial charge < -0.3 is 4.90 Å². The Hall–Kier alpha value is -1.82. The quantitative estimate of drug-likeness (QED) is 0.760. The number of hydrogen-bond acceptors (Lipinski definition) is 2. The van der Waals surface area contributed by atoms with Crippen molar-refractivity contribution < 1.29 is 4.79 Å². The number of rotatable bonds is 1. The van der Waals surface area contributed by atoms with Gasteiger partial charge in [-0.15, -0.1) is 0 Å². The molecule has 1 amide bonds. The SMILES string of the molecule is Cc1ccc(C)c(N2C(=O)CC(C#N)C2(C)C)c1. The number of nitrogens with zero attached hydrogens (tertiary/aromatic N) is 2. The van der Waals surface area contributed by atoms with E-state index in [-0.39, 0.29) is 11.8 Å². The van der Waals surface area contributed by atoms with Crippen LogP contribution in [0, 0.1) is 31.1 Å². The third-order valence-electron chi connectivity index (χ3n) is 3.82. The average molecular weight is 242 g/mol. The molecule has 1 atom stereocenters. The number of aryl methyl sites for hydroxylation is 2. The van der Waals surface area contributed by atoms with Crippen LogP contribution in [0.25, 0.3) is 0 Å². The van der Waals surface area contributed by atoms with Crippen LogP contribution in [0.1, 0.15) is 31.4 Å². The number of nitriles is 1. The minimum atomic E-state index is -0.440. The summed E-state index contributed by atoms with van der Waals surface area (Å²) in [7, 11) is 0. The lowest BCUT2D eigenvalue weighted by molar-refractivity contribution is -0.117. The van der Waals surface area contributed by atoms with Crippen molar-refractivity contribution in [2.24, 2.45) is 5.92 Å². The van der Waals surface area contributed by atoms with Gasteiger partial charge in [-0.2, -0.15) is 5.26 Å². The monoisotopic (exact) mass is 242 g/mol. The highest BCUT2D eigenvalue weighted by Crippen LogP contribution is 2.40. The Bertz CT molecular complexity index is 540. The molecule has 1 heterocycles. The van der Waals surface area contributed by atoms with E-state index in [1.54, 1.807) is 4.90 Å². The summed E-state index contributed by atoms with van der Waals surface area (Å²) in [5.74, 6) is -0.204. The Morgan fingerprint density at radius 3 is 2.61 bits per heavy atom. The van der Waals surface area contributed by atoms with Gasteiger partial charge in [0, 0.05) is 12.1 Å². The zero-order chi connectivity index (χ0) is 13.5. The van der Waals surface area contributed by atoms with Crippen LogP contribution in [-0.4, -0.2) is 11.4 Å². The molecule has 1 fully saturated rings. The lowest BCUT2D eigenvalue weighted by Gasteiger charge is -2.34. The van der Waals surface area contributed by atoms with Crippen molar-refractivity contribution >= 4 is 11.6 Å². The Balaban J connectivity index is 2.54. The molecule has 0 saturated carbocycles. The predicted octanol–water partition coefficient (Wildman–Crippen LogP) is 2.96. The van der Waals surface area contributed by atoms with Crippen molar-refractivity contribution in [3.63, 3.8) is 0 Å². The molecule has 0 N–H and O–H groups in total. The summed E-state index contributed by atoms with van der Waals surface area (Å²) in [6, 6.07) is 8.34. The van der Waals surface area contributed by atoms with Crippen molar-refractivity contribution in [1.29, 1.82) is 5.26 Å². The highest BCUT2D eigenvalue weighted by atomic mass is 16.2. The summed E-state index contributed by atoms with van der Waals surface area (Å²) in [6.07, 6.45) is 0.316. The molecule has 0 aromatic heterocycles. The summed E-state index contributed by atoms with van der Waals surface area (Å²) >= 11 is 0. The topological polar surface area (TPSA) is 44.1 Å². The fraction of sp³-hybridized carbons (Fsp3) is 0.467. The first-order valence-electron chi connectivity index (χ1n) is 6.18. The molecule has 18 heavy (non-hydrogen) atoms. The van der Waals surface area contributed by atoms with Crippen LogP contribution in [0.5, 0.6) is 0 Å². The van der Waals surface area contributed by atoms with E-state index < -0.39 is 5.54 Å². The summed E-state index contributed by atoms with van der Waals surface area (Å²) in [5, 5.41) is 9.18. The lowest BCUT2D eigenvalue weighted by atomic mass is 9.89. The average Bonchev–Trinajstić information content (AvgIpc) is 2.52. The molecule has 1 aromatic carbocycles. The highest BCUT2D eigenvalue weighted by Gasteiger charge is 2.47. The van der Waals surface area contributed by atoms with E-state index in [9.17, 15) is 10.1 Å². The number of benzene rings is 1. The summed E-state index contributed by atoms with van der Waals surface area (Å²) in [6.45, 7) is 7.94. The molecular weight excluding hydrogens is 224 g/mol. The number of anilines is 1. The van der Waals surface area contributed by atoms with Gasteiger partial charge in [0.25, 0.3) is 0 Å². The third-order valence-corrected chi connectivity index (χ3v) is 3.82. The van der Waals surface area contributed by atoms with E-state index in [2.05, 4.69) is 6.07 Å². The van der Waals surface area contributed by atoms with Crippen LogP contribution >= 0.6 is 0 Å². The first-order valence-corrected chi connectivity index (χ1v) is 6.18. The maximum Gasteiger partial charge on any atom is 0.228 e. The minimum Gasteiger partial charge on any atom is -0.305 e. The van der Waals surface area contributed by atoms with E-state index in [1.807, 2.05) is 45.9 Å².